The minimum absolute atomic E-state index is 0.0139. The van der Waals surface area contributed by atoms with Crippen LogP contribution in [-0.4, -0.2) is 50.6 Å². The van der Waals surface area contributed by atoms with E-state index in [4.69, 9.17) is 9.47 Å². The number of likely N-dealkylation sites (tertiary alicyclic amines) is 1. The zero-order valence-electron chi connectivity index (χ0n) is 13.8. The number of rotatable bonds is 5. The third-order valence-corrected chi connectivity index (χ3v) is 4.01. The summed E-state index contributed by atoms with van der Waals surface area (Å²) in [6.45, 7) is 1.53. The number of hydrogen-bond acceptors (Lipinski definition) is 4. The second-order valence-corrected chi connectivity index (χ2v) is 5.52. The Morgan fingerprint density at radius 2 is 1.61 bits per heavy atom. The van der Waals surface area contributed by atoms with Crippen LogP contribution in [0, 0.1) is 0 Å². The van der Waals surface area contributed by atoms with Crippen LogP contribution >= 0.6 is 0 Å². The Kier molecular flexibility index (Phi) is 6.26. The van der Waals surface area contributed by atoms with Gasteiger partial charge >= 0.3 is 0 Å². The highest BCUT2D eigenvalue weighted by Crippen LogP contribution is 2.27. The van der Waals surface area contributed by atoms with E-state index in [0.717, 1.165) is 38.8 Å². The molecule has 0 unspecified atom stereocenters. The average Bonchev–Trinajstić information content (AvgIpc) is 2.87. The molecule has 1 aliphatic rings. The Morgan fingerprint density at radius 1 is 1.04 bits per heavy atom. The molecule has 0 bridgehead atoms. The molecule has 126 valence electrons. The van der Waals surface area contributed by atoms with Crippen LogP contribution in [0.4, 0.5) is 0 Å². The van der Waals surface area contributed by atoms with Gasteiger partial charge in [-0.05, 0) is 25.0 Å². The van der Waals surface area contributed by atoms with Crippen LogP contribution in [0.15, 0.2) is 18.2 Å². The van der Waals surface area contributed by atoms with Crippen molar-refractivity contribution in [3.05, 3.63) is 23.8 Å². The molecule has 1 saturated heterocycles. The topological polar surface area (TPSA) is 67.9 Å². The summed E-state index contributed by atoms with van der Waals surface area (Å²) < 4.78 is 10.4. The Bertz CT molecular complexity index is 529. The molecule has 1 aromatic carbocycles. The van der Waals surface area contributed by atoms with Crippen molar-refractivity contribution in [2.75, 3.05) is 33.9 Å². The maximum Gasteiger partial charge on any atom is 0.259 e. The SMILES string of the molecule is COc1cccc(OC)c1C(=O)NCC(=O)N1CCCCCC1. The lowest BCUT2D eigenvalue weighted by Crippen LogP contribution is -2.40. The first kappa shape index (κ1) is 17.1. The summed E-state index contributed by atoms with van der Waals surface area (Å²) in [6.07, 6.45) is 4.38. The van der Waals surface area contributed by atoms with Crippen LogP contribution in [0.3, 0.4) is 0 Å². The molecule has 2 amide bonds. The van der Waals surface area contributed by atoms with Crippen molar-refractivity contribution >= 4 is 11.8 Å². The fourth-order valence-corrected chi connectivity index (χ4v) is 2.75. The van der Waals surface area contributed by atoms with Gasteiger partial charge in [0.2, 0.25) is 5.91 Å². The lowest BCUT2D eigenvalue weighted by atomic mass is 10.1. The van der Waals surface area contributed by atoms with Crippen molar-refractivity contribution in [2.45, 2.75) is 25.7 Å². The van der Waals surface area contributed by atoms with Gasteiger partial charge in [-0.2, -0.15) is 0 Å². The van der Waals surface area contributed by atoms with E-state index < -0.39 is 0 Å². The van der Waals surface area contributed by atoms with Crippen LogP contribution in [-0.2, 0) is 4.79 Å². The third kappa shape index (κ3) is 4.37. The predicted molar refractivity (Wildman–Crippen MR) is 86.9 cm³/mol. The van der Waals surface area contributed by atoms with Crippen molar-refractivity contribution in [1.29, 1.82) is 0 Å². The molecule has 0 radical (unpaired) electrons. The highest BCUT2D eigenvalue weighted by atomic mass is 16.5. The Labute approximate surface area is 136 Å². The van der Waals surface area contributed by atoms with Crippen molar-refractivity contribution in [3.63, 3.8) is 0 Å². The molecule has 1 N–H and O–H groups in total. The fourth-order valence-electron chi connectivity index (χ4n) is 2.75. The summed E-state index contributed by atoms with van der Waals surface area (Å²) in [6, 6.07) is 5.12. The van der Waals surface area contributed by atoms with Gasteiger partial charge in [-0.3, -0.25) is 9.59 Å². The van der Waals surface area contributed by atoms with E-state index in [1.165, 1.54) is 14.2 Å². The van der Waals surface area contributed by atoms with Gasteiger partial charge in [0.1, 0.15) is 17.1 Å². The summed E-state index contributed by atoms with van der Waals surface area (Å²) in [5, 5.41) is 2.68. The van der Waals surface area contributed by atoms with Gasteiger partial charge in [-0.1, -0.05) is 18.9 Å². The molecule has 6 nitrogen and oxygen atoms in total. The van der Waals surface area contributed by atoms with Gasteiger partial charge in [-0.25, -0.2) is 0 Å². The normalized spacial score (nSPS) is 14.8. The minimum atomic E-state index is -0.373. The smallest absolute Gasteiger partial charge is 0.259 e. The predicted octanol–water partition coefficient (Wildman–Crippen LogP) is 1.84. The van der Waals surface area contributed by atoms with Gasteiger partial charge in [0.15, 0.2) is 0 Å². The van der Waals surface area contributed by atoms with Crippen molar-refractivity contribution in [1.82, 2.24) is 10.2 Å². The average molecular weight is 320 g/mol. The minimum Gasteiger partial charge on any atom is -0.496 e. The summed E-state index contributed by atoms with van der Waals surface area (Å²) in [7, 11) is 2.99. The van der Waals surface area contributed by atoms with Crippen molar-refractivity contribution in [2.24, 2.45) is 0 Å². The van der Waals surface area contributed by atoms with E-state index in [0.29, 0.717) is 17.1 Å². The standard InChI is InChI=1S/C17H24N2O4/c1-22-13-8-7-9-14(23-2)16(13)17(21)18-12-15(20)19-10-5-3-4-6-11-19/h7-9H,3-6,10-12H2,1-2H3,(H,18,21). The van der Waals surface area contributed by atoms with E-state index >= 15 is 0 Å². The van der Waals surface area contributed by atoms with Gasteiger partial charge in [0, 0.05) is 13.1 Å². The maximum atomic E-state index is 12.4. The van der Waals surface area contributed by atoms with Crippen molar-refractivity contribution < 1.29 is 19.1 Å². The van der Waals surface area contributed by atoms with E-state index in [-0.39, 0.29) is 18.4 Å². The number of ether oxygens (including phenoxy) is 2. The van der Waals surface area contributed by atoms with Crippen LogP contribution < -0.4 is 14.8 Å². The monoisotopic (exact) mass is 320 g/mol. The quantitative estimate of drug-likeness (QED) is 0.899. The molecule has 23 heavy (non-hydrogen) atoms. The molecule has 1 fully saturated rings. The summed E-state index contributed by atoms with van der Waals surface area (Å²) >= 11 is 0. The molecule has 0 saturated carbocycles. The Morgan fingerprint density at radius 3 is 2.13 bits per heavy atom. The molecule has 0 spiro atoms. The zero-order chi connectivity index (χ0) is 16.7. The molecule has 1 aromatic rings. The second kappa shape index (κ2) is 8.41. The highest BCUT2D eigenvalue weighted by molar-refractivity contribution is 6.01. The van der Waals surface area contributed by atoms with E-state index in [1.54, 1.807) is 18.2 Å². The summed E-state index contributed by atoms with van der Waals surface area (Å²) in [5.41, 5.74) is 0.307. The Balaban J connectivity index is 2.00. The van der Waals surface area contributed by atoms with Crippen LogP contribution in [0.1, 0.15) is 36.0 Å². The first-order valence-electron chi connectivity index (χ1n) is 7.94. The maximum absolute atomic E-state index is 12.4. The number of carbonyl (C=O) groups is 2. The molecule has 2 rings (SSSR count). The second-order valence-electron chi connectivity index (χ2n) is 5.52. The van der Waals surface area contributed by atoms with E-state index in [2.05, 4.69) is 5.32 Å². The van der Waals surface area contributed by atoms with Gasteiger partial charge in [-0.15, -0.1) is 0 Å². The van der Waals surface area contributed by atoms with E-state index in [1.807, 2.05) is 4.90 Å². The third-order valence-electron chi connectivity index (χ3n) is 4.01. The summed E-state index contributed by atoms with van der Waals surface area (Å²) in [5.74, 6) is 0.421. The van der Waals surface area contributed by atoms with Crippen LogP contribution in [0.2, 0.25) is 0 Å². The van der Waals surface area contributed by atoms with Gasteiger partial charge in [0.05, 0.1) is 20.8 Å². The molecular formula is C17H24N2O4. The van der Waals surface area contributed by atoms with Crippen LogP contribution in [0.5, 0.6) is 11.5 Å². The molecule has 0 aromatic heterocycles. The first-order valence-corrected chi connectivity index (χ1v) is 7.94. The fraction of sp³-hybridized carbons (Fsp3) is 0.529. The number of benzene rings is 1. The number of methoxy groups -OCH3 is 2. The zero-order valence-corrected chi connectivity index (χ0v) is 13.8. The molecule has 1 heterocycles. The number of amides is 2. The first-order chi connectivity index (χ1) is 11.2. The molecule has 0 aliphatic carbocycles. The molecule has 1 aliphatic heterocycles. The number of hydrogen-bond donors (Lipinski definition) is 1. The van der Waals surface area contributed by atoms with Gasteiger partial charge in [0.25, 0.3) is 5.91 Å². The number of nitrogens with zero attached hydrogens (tertiary/aromatic N) is 1. The Hall–Kier alpha value is -2.24. The number of nitrogens with one attached hydrogen (secondary N) is 1. The van der Waals surface area contributed by atoms with Crippen molar-refractivity contribution in [3.8, 4) is 11.5 Å². The van der Waals surface area contributed by atoms with E-state index in [9.17, 15) is 9.59 Å². The largest absolute Gasteiger partial charge is 0.496 e. The molecular weight excluding hydrogens is 296 g/mol. The van der Waals surface area contributed by atoms with Crippen LogP contribution in [0.25, 0.3) is 0 Å². The molecule has 0 atom stereocenters. The lowest BCUT2D eigenvalue weighted by molar-refractivity contribution is -0.130. The summed E-state index contributed by atoms with van der Waals surface area (Å²) in [4.78, 5) is 26.5. The highest BCUT2D eigenvalue weighted by Gasteiger charge is 2.20. The molecule has 6 heteroatoms. The lowest BCUT2D eigenvalue weighted by Gasteiger charge is -2.20. The number of carbonyl (C=O) groups excluding carboxylic acids is 2. The van der Waals surface area contributed by atoms with Gasteiger partial charge < -0.3 is 19.7 Å².